The van der Waals surface area contributed by atoms with Crippen molar-refractivity contribution < 1.29 is 0 Å². The van der Waals surface area contributed by atoms with Gasteiger partial charge in [0.15, 0.2) is 0 Å². The highest BCUT2D eigenvalue weighted by Gasteiger charge is 2.16. The van der Waals surface area contributed by atoms with Crippen LogP contribution in [0.3, 0.4) is 0 Å². The summed E-state index contributed by atoms with van der Waals surface area (Å²) in [4.78, 5) is 9.74. The van der Waals surface area contributed by atoms with Gasteiger partial charge in [0.05, 0.1) is 34.1 Å². The molecule has 5 rings (SSSR count). The Morgan fingerprint density at radius 3 is 2.13 bits per heavy atom. The zero-order valence-electron chi connectivity index (χ0n) is 21.5. The van der Waals surface area contributed by atoms with Gasteiger partial charge in [-0.25, -0.2) is 0 Å². The topological polar surface area (TPSA) is 115 Å². The lowest BCUT2D eigenvalue weighted by Crippen LogP contribution is -2.07. The summed E-state index contributed by atoms with van der Waals surface area (Å²) in [5.74, 6) is 1.12. The molecular weight excluding hydrogens is 474 g/mol. The van der Waals surface area contributed by atoms with Crippen LogP contribution in [0.15, 0.2) is 79.0 Å². The first-order valence-corrected chi connectivity index (χ1v) is 12.3. The molecule has 0 aliphatic rings. The van der Waals surface area contributed by atoms with E-state index in [1.807, 2.05) is 75.9 Å². The maximum absolute atomic E-state index is 9.14. The highest BCUT2D eigenvalue weighted by molar-refractivity contribution is 5.96. The molecule has 5 aromatic rings. The Balaban J connectivity index is 1.61. The van der Waals surface area contributed by atoms with Crippen molar-refractivity contribution >= 4 is 51.2 Å². The number of rotatable bonds is 9. The summed E-state index contributed by atoms with van der Waals surface area (Å²) >= 11 is 0. The number of aromatic nitrogens is 3. The molecule has 0 aliphatic carbocycles. The Bertz CT molecular complexity index is 1570. The lowest BCUT2D eigenvalue weighted by molar-refractivity contribution is 0.824. The molecule has 0 bridgehead atoms. The molecule has 0 spiro atoms. The lowest BCUT2D eigenvalue weighted by atomic mass is 10.2. The normalized spacial score (nSPS) is 10.6. The van der Waals surface area contributed by atoms with E-state index in [1.54, 1.807) is 12.1 Å². The second kappa shape index (κ2) is 10.8. The van der Waals surface area contributed by atoms with E-state index in [2.05, 4.69) is 49.4 Å². The molecule has 0 saturated carbocycles. The average Bonchev–Trinajstić information content (AvgIpc) is 3.36. The van der Waals surface area contributed by atoms with Crippen LogP contribution in [0.4, 0.5) is 40.2 Å². The van der Waals surface area contributed by atoms with Gasteiger partial charge in [-0.05, 0) is 48.0 Å². The van der Waals surface area contributed by atoms with E-state index in [9.17, 15) is 0 Å². The largest absolute Gasteiger partial charge is 0.388 e. The number of hydrogen-bond donors (Lipinski definition) is 5. The van der Waals surface area contributed by atoms with Crippen LogP contribution in [0.25, 0.3) is 11.0 Å². The molecule has 0 fully saturated rings. The van der Waals surface area contributed by atoms with Crippen LogP contribution in [-0.4, -0.2) is 35.7 Å². The minimum absolute atomic E-state index is 0.446. The van der Waals surface area contributed by atoms with Crippen molar-refractivity contribution in [3.05, 3.63) is 90.1 Å². The van der Waals surface area contributed by atoms with Crippen molar-refractivity contribution in [2.24, 2.45) is 0 Å². The van der Waals surface area contributed by atoms with E-state index < -0.39 is 0 Å². The standard InChI is InChI=1S/C29H29N9/c1-31-22-15-24(32-2)26(25(16-22)33-3)35-27-23-13-14-38(18-20-7-5-4-6-8-20)28(23)37-29(36-27)34-21-11-9-19(17-30)10-12-21/h4-16,31-33H,18H2,1-3H3,(H2,34,35,36,37). The van der Waals surface area contributed by atoms with Crippen molar-refractivity contribution in [1.82, 2.24) is 14.5 Å². The molecule has 9 nitrogen and oxygen atoms in total. The summed E-state index contributed by atoms with van der Waals surface area (Å²) in [6.45, 7) is 0.678. The van der Waals surface area contributed by atoms with Crippen LogP contribution >= 0.6 is 0 Å². The van der Waals surface area contributed by atoms with Crippen LogP contribution in [0.2, 0.25) is 0 Å². The third-order valence-corrected chi connectivity index (χ3v) is 6.29. The van der Waals surface area contributed by atoms with Gasteiger partial charge < -0.3 is 31.2 Å². The predicted molar refractivity (Wildman–Crippen MR) is 156 cm³/mol. The number of benzene rings is 3. The van der Waals surface area contributed by atoms with Gasteiger partial charge >= 0.3 is 0 Å². The molecule has 0 atom stereocenters. The maximum atomic E-state index is 9.14. The fourth-order valence-electron chi connectivity index (χ4n) is 4.32. The summed E-state index contributed by atoms with van der Waals surface area (Å²) < 4.78 is 2.11. The Hall–Kier alpha value is -5.23. The highest BCUT2D eigenvalue weighted by atomic mass is 15.2. The third-order valence-electron chi connectivity index (χ3n) is 6.29. The molecule has 5 N–H and O–H groups in total. The quantitative estimate of drug-likeness (QED) is 0.167. The van der Waals surface area contributed by atoms with Gasteiger partial charge in [0.1, 0.15) is 11.5 Å². The highest BCUT2D eigenvalue weighted by Crippen LogP contribution is 2.38. The summed E-state index contributed by atoms with van der Waals surface area (Å²) in [6.07, 6.45) is 2.03. The van der Waals surface area contributed by atoms with Gasteiger partial charge in [0.25, 0.3) is 0 Å². The van der Waals surface area contributed by atoms with Gasteiger partial charge in [-0.3, -0.25) is 0 Å². The van der Waals surface area contributed by atoms with Crippen LogP contribution in [0.5, 0.6) is 0 Å². The van der Waals surface area contributed by atoms with Crippen molar-refractivity contribution in [2.45, 2.75) is 6.54 Å². The molecule has 0 saturated heterocycles. The summed E-state index contributed by atoms with van der Waals surface area (Å²) in [5, 5.41) is 26.7. The Morgan fingerprint density at radius 2 is 1.50 bits per heavy atom. The van der Waals surface area contributed by atoms with Crippen LogP contribution < -0.4 is 26.6 Å². The lowest BCUT2D eigenvalue weighted by Gasteiger charge is -2.19. The van der Waals surface area contributed by atoms with E-state index in [0.29, 0.717) is 23.9 Å². The molecule has 3 aromatic carbocycles. The van der Waals surface area contributed by atoms with Crippen molar-refractivity contribution in [3.8, 4) is 6.07 Å². The Morgan fingerprint density at radius 1 is 0.789 bits per heavy atom. The SMILES string of the molecule is CNc1cc(NC)c(Nc2nc(Nc3ccc(C#N)cc3)nc3c2ccn3Cc2ccccc2)c(NC)c1. The van der Waals surface area contributed by atoms with Crippen LogP contribution in [0.1, 0.15) is 11.1 Å². The number of fused-ring (bicyclic) bond motifs is 1. The average molecular weight is 504 g/mol. The first-order chi connectivity index (χ1) is 18.6. The van der Waals surface area contributed by atoms with Gasteiger partial charge in [-0.15, -0.1) is 0 Å². The minimum atomic E-state index is 0.446. The van der Waals surface area contributed by atoms with Crippen molar-refractivity contribution in [2.75, 3.05) is 47.7 Å². The molecule has 2 aromatic heterocycles. The second-order valence-electron chi connectivity index (χ2n) is 8.70. The van der Waals surface area contributed by atoms with Crippen molar-refractivity contribution in [3.63, 3.8) is 0 Å². The number of nitrogens with zero attached hydrogens (tertiary/aromatic N) is 4. The van der Waals surface area contributed by atoms with Crippen molar-refractivity contribution in [1.29, 1.82) is 5.26 Å². The molecule has 2 heterocycles. The predicted octanol–water partition coefficient (Wildman–Crippen LogP) is 5.96. The first kappa shape index (κ1) is 24.5. The third kappa shape index (κ3) is 5.01. The van der Waals surface area contributed by atoms with E-state index in [0.717, 1.165) is 39.5 Å². The zero-order valence-corrected chi connectivity index (χ0v) is 21.5. The second-order valence-corrected chi connectivity index (χ2v) is 8.70. The number of hydrogen-bond acceptors (Lipinski definition) is 8. The molecule has 0 amide bonds. The van der Waals surface area contributed by atoms with E-state index in [4.69, 9.17) is 15.2 Å². The smallest absolute Gasteiger partial charge is 0.231 e. The van der Waals surface area contributed by atoms with Gasteiger partial charge in [0, 0.05) is 45.3 Å². The van der Waals surface area contributed by atoms with E-state index in [1.165, 1.54) is 5.56 Å². The van der Waals surface area contributed by atoms with Crippen LogP contribution in [-0.2, 0) is 6.54 Å². The van der Waals surface area contributed by atoms with E-state index >= 15 is 0 Å². The number of anilines is 7. The van der Waals surface area contributed by atoms with Gasteiger partial charge in [-0.2, -0.15) is 15.2 Å². The molecule has 38 heavy (non-hydrogen) atoms. The zero-order chi connectivity index (χ0) is 26.5. The summed E-state index contributed by atoms with van der Waals surface area (Å²) in [7, 11) is 5.68. The van der Waals surface area contributed by atoms with E-state index in [-0.39, 0.29) is 0 Å². The molecule has 9 heteroatoms. The summed E-state index contributed by atoms with van der Waals surface area (Å²) in [6, 6.07) is 25.8. The van der Waals surface area contributed by atoms with Crippen LogP contribution in [0, 0.1) is 11.3 Å². The fraction of sp³-hybridized carbons (Fsp3) is 0.138. The fourth-order valence-corrected chi connectivity index (χ4v) is 4.32. The first-order valence-electron chi connectivity index (χ1n) is 12.3. The monoisotopic (exact) mass is 503 g/mol. The summed E-state index contributed by atoms with van der Waals surface area (Å²) in [5.41, 5.74) is 7.04. The van der Waals surface area contributed by atoms with Gasteiger partial charge in [0.2, 0.25) is 5.95 Å². The Labute approximate surface area is 221 Å². The number of nitrogens with one attached hydrogen (secondary N) is 5. The molecule has 0 radical (unpaired) electrons. The molecule has 0 aliphatic heterocycles. The maximum Gasteiger partial charge on any atom is 0.231 e. The minimum Gasteiger partial charge on any atom is -0.388 e. The molecular formula is C29H29N9. The molecule has 190 valence electrons. The molecule has 0 unspecified atom stereocenters. The van der Waals surface area contributed by atoms with Gasteiger partial charge in [-0.1, -0.05) is 30.3 Å². The Kier molecular flexibility index (Phi) is 6.95. The number of nitriles is 1.